The monoisotopic (exact) mass is 207 g/mol. The summed E-state index contributed by atoms with van der Waals surface area (Å²) in [6.45, 7) is 6.54. The van der Waals surface area contributed by atoms with Crippen LogP contribution in [-0.4, -0.2) is 12.3 Å². The highest BCUT2D eigenvalue weighted by atomic mass is 16.7. The van der Waals surface area contributed by atoms with Gasteiger partial charge in [0.2, 0.25) is 5.79 Å². The van der Waals surface area contributed by atoms with Crippen LogP contribution in [0.15, 0.2) is 12.1 Å². The average Bonchev–Trinajstić information content (AvgIpc) is 2.39. The molecule has 0 bridgehead atoms. The minimum absolute atomic E-state index is 0.546. The van der Waals surface area contributed by atoms with Gasteiger partial charge in [0.15, 0.2) is 11.5 Å². The molecular weight excluding hydrogens is 190 g/mol. The van der Waals surface area contributed by atoms with Crippen molar-refractivity contribution in [2.24, 2.45) is 5.73 Å². The molecule has 0 aliphatic carbocycles. The zero-order valence-electron chi connectivity index (χ0n) is 9.46. The maximum atomic E-state index is 5.67. The molecule has 82 valence electrons. The van der Waals surface area contributed by atoms with Crippen molar-refractivity contribution < 1.29 is 9.47 Å². The summed E-state index contributed by atoms with van der Waals surface area (Å²) >= 11 is 0. The van der Waals surface area contributed by atoms with Crippen LogP contribution in [0, 0.1) is 6.92 Å². The van der Waals surface area contributed by atoms with Gasteiger partial charge in [-0.1, -0.05) is 0 Å². The first-order chi connectivity index (χ1) is 7.02. The summed E-state index contributed by atoms with van der Waals surface area (Å²) in [5.74, 6) is 1.11. The Labute approximate surface area is 90.2 Å². The smallest absolute Gasteiger partial charge is 0.246 e. The number of fused-ring (bicyclic) bond motifs is 1. The van der Waals surface area contributed by atoms with Crippen LogP contribution in [0.4, 0.5) is 0 Å². The second-order valence-electron chi connectivity index (χ2n) is 4.37. The minimum atomic E-state index is -0.546. The predicted molar refractivity (Wildman–Crippen MR) is 59.3 cm³/mol. The van der Waals surface area contributed by atoms with Crippen LogP contribution in [0.3, 0.4) is 0 Å². The highest BCUT2D eigenvalue weighted by Crippen LogP contribution is 2.40. The lowest BCUT2D eigenvalue weighted by molar-refractivity contribution is -0.0431. The van der Waals surface area contributed by atoms with Crippen LogP contribution >= 0.6 is 0 Å². The molecule has 0 radical (unpaired) electrons. The van der Waals surface area contributed by atoms with E-state index < -0.39 is 5.79 Å². The number of ether oxygens (including phenoxy) is 2. The number of hydrogen-bond acceptors (Lipinski definition) is 3. The molecule has 0 saturated heterocycles. The first kappa shape index (κ1) is 10.3. The Balaban J connectivity index is 2.36. The van der Waals surface area contributed by atoms with Crippen LogP contribution in [0.2, 0.25) is 0 Å². The zero-order valence-corrected chi connectivity index (χ0v) is 9.46. The van der Waals surface area contributed by atoms with Gasteiger partial charge in [-0.2, -0.15) is 0 Å². The highest BCUT2D eigenvalue weighted by molar-refractivity contribution is 5.49. The Morgan fingerprint density at radius 3 is 2.40 bits per heavy atom. The van der Waals surface area contributed by atoms with Gasteiger partial charge >= 0.3 is 0 Å². The van der Waals surface area contributed by atoms with Crippen LogP contribution in [0.1, 0.15) is 25.0 Å². The molecule has 0 amide bonds. The molecule has 15 heavy (non-hydrogen) atoms. The van der Waals surface area contributed by atoms with Crippen molar-refractivity contribution in [1.29, 1.82) is 0 Å². The molecule has 3 nitrogen and oxygen atoms in total. The SMILES string of the molecule is Cc1cc2c(cc1CCN)OC(C)(C)O2. The molecule has 2 rings (SSSR count). The van der Waals surface area contributed by atoms with E-state index >= 15 is 0 Å². The molecule has 0 saturated carbocycles. The lowest BCUT2D eigenvalue weighted by Gasteiger charge is -2.16. The van der Waals surface area contributed by atoms with Crippen molar-refractivity contribution in [3.63, 3.8) is 0 Å². The Bertz CT molecular complexity index is 385. The van der Waals surface area contributed by atoms with Gasteiger partial charge in [-0.25, -0.2) is 0 Å². The Hall–Kier alpha value is -1.22. The molecule has 1 aliphatic heterocycles. The lowest BCUT2D eigenvalue weighted by Crippen LogP contribution is -2.29. The van der Waals surface area contributed by atoms with Crippen molar-refractivity contribution in [3.8, 4) is 11.5 Å². The van der Waals surface area contributed by atoms with Gasteiger partial charge in [-0.3, -0.25) is 0 Å². The molecule has 0 spiro atoms. The second-order valence-corrected chi connectivity index (χ2v) is 4.37. The minimum Gasteiger partial charge on any atom is -0.449 e. The van der Waals surface area contributed by atoms with Gasteiger partial charge in [0.1, 0.15) is 0 Å². The molecule has 1 aliphatic rings. The van der Waals surface area contributed by atoms with E-state index in [1.165, 1.54) is 11.1 Å². The third-order valence-corrected chi connectivity index (χ3v) is 2.53. The molecule has 3 heteroatoms. The van der Waals surface area contributed by atoms with E-state index in [-0.39, 0.29) is 0 Å². The van der Waals surface area contributed by atoms with Crippen LogP contribution in [-0.2, 0) is 6.42 Å². The maximum absolute atomic E-state index is 5.67. The van der Waals surface area contributed by atoms with Crippen molar-refractivity contribution in [3.05, 3.63) is 23.3 Å². The number of nitrogens with two attached hydrogens (primary N) is 1. The van der Waals surface area contributed by atoms with Crippen LogP contribution in [0.5, 0.6) is 11.5 Å². The molecule has 2 N–H and O–H groups in total. The highest BCUT2D eigenvalue weighted by Gasteiger charge is 2.31. The van der Waals surface area contributed by atoms with E-state index in [1.807, 2.05) is 26.0 Å². The summed E-state index contributed by atoms with van der Waals surface area (Å²) in [4.78, 5) is 0. The predicted octanol–water partition coefficient (Wildman–Crippen LogP) is 2.00. The maximum Gasteiger partial charge on any atom is 0.246 e. The summed E-state index contributed by atoms with van der Waals surface area (Å²) in [5, 5.41) is 0. The van der Waals surface area contributed by atoms with Gasteiger partial charge in [0, 0.05) is 13.8 Å². The Morgan fingerprint density at radius 2 is 1.80 bits per heavy atom. The Morgan fingerprint density at radius 1 is 1.20 bits per heavy atom. The van der Waals surface area contributed by atoms with Gasteiger partial charge in [0.25, 0.3) is 0 Å². The first-order valence-corrected chi connectivity index (χ1v) is 5.23. The average molecular weight is 207 g/mol. The van der Waals surface area contributed by atoms with Gasteiger partial charge < -0.3 is 15.2 Å². The van der Waals surface area contributed by atoms with Crippen molar-refractivity contribution in [2.45, 2.75) is 33.0 Å². The third kappa shape index (κ3) is 1.92. The van der Waals surface area contributed by atoms with E-state index in [2.05, 4.69) is 6.92 Å². The summed E-state index contributed by atoms with van der Waals surface area (Å²) in [6, 6.07) is 4.06. The summed E-state index contributed by atoms with van der Waals surface area (Å²) < 4.78 is 11.3. The van der Waals surface area contributed by atoms with Gasteiger partial charge in [-0.15, -0.1) is 0 Å². The number of hydrogen-bond donors (Lipinski definition) is 1. The van der Waals surface area contributed by atoms with Crippen molar-refractivity contribution >= 4 is 0 Å². The molecule has 0 aromatic heterocycles. The van der Waals surface area contributed by atoms with E-state index in [0.29, 0.717) is 6.54 Å². The quantitative estimate of drug-likeness (QED) is 0.806. The van der Waals surface area contributed by atoms with E-state index in [0.717, 1.165) is 17.9 Å². The molecule has 0 unspecified atom stereocenters. The summed E-state index contributed by atoms with van der Waals surface area (Å²) in [5.41, 5.74) is 8.00. The fourth-order valence-electron chi connectivity index (χ4n) is 1.84. The third-order valence-electron chi connectivity index (χ3n) is 2.53. The van der Waals surface area contributed by atoms with Gasteiger partial charge in [0.05, 0.1) is 0 Å². The number of aryl methyl sites for hydroxylation is 1. The largest absolute Gasteiger partial charge is 0.449 e. The normalized spacial score (nSPS) is 16.8. The molecule has 1 heterocycles. The Kier molecular flexibility index (Phi) is 2.35. The lowest BCUT2D eigenvalue weighted by atomic mass is 10.1. The number of benzene rings is 1. The fraction of sp³-hybridized carbons (Fsp3) is 0.500. The van der Waals surface area contributed by atoms with Crippen molar-refractivity contribution in [1.82, 2.24) is 0 Å². The second kappa shape index (κ2) is 3.42. The standard InChI is InChI=1S/C12H17NO2/c1-8-6-10-11(7-9(8)4-5-13)15-12(2,3)14-10/h6-7H,4-5,13H2,1-3H3. The molecule has 1 aromatic carbocycles. The first-order valence-electron chi connectivity index (χ1n) is 5.23. The molecule has 0 atom stereocenters. The summed E-state index contributed by atoms with van der Waals surface area (Å²) in [7, 11) is 0. The van der Waals surface area contributed by atoms with Crippen LogP contribution in [0.25, 0.3) is 0 Å². The summed E-state index contributed by atoms with van der Waals surface area (Å²) in [6.07, 6.45) is 0.878. The fourth-order valence-corrected chi connectivity index (χ4v) is 1.84. The van der Waals surface area contributed by atoms with E-state index in [4.69, 9.17) is 15.2 Å². The molecule has 0 fully saturated rings. The molecule has 1 aromatic rings. The zero-order chi connectivity index (χ0) is 11.1. The van der Waals surface area contributed by atoms with E-state index in [1.54, 1.807) is 0 Å². The van der Waals surface area contributed by atoms with E-state index in [9.17, 15) is 0 Å². The topological polar surface area (TPSA) is 44.5 Å². The van der Waals surface area contributed by atoms with Gasteiger partial charge in [-0.05, 0) is 43.1 Å². The van der Waals surface area contributed by atoms with Crippen molar-refractivity contribution in [2.75, 3.05) is 6.54 Å². The van der Waals surface area contributed by atoms with Crippen LogP contribution < -0.4 is 15.2 Å². The molecular formula is C12H17NO2. The number of rotatable bonds is 2.